The SMILES string of the molecule is C=CC(/C=C/c1ccccc1)N(Cc1ccccc1)C(=O)c1ccccc1. The van der Waals surface area contributed by atoms with Crippen LogP contribution < -0.4 is 0 Å². The van der Waals surface area contributed by atoms with E-state index < -0.39 is 0 Å². The van der Waals surface area contributed by atoms with E-state index in [0.717, 1.165) is 11.1 Å². The van der Waals surface area contributed by atoms with Crippen molar-refractivity contribution in [2.75, 3.05) is 0 Å². The van der Waals surface area contributed by atoms with Crippen molar-refractivity contribution in [1.29, 1.82) is 0 Å². The molecule has 0 saturated carbocycles. The minimum Gasteiger partial charge on any atom is -0.324 e. The molecule has 0 saturated heterocycles. The highest BCUT2D eigenvalue weighted by molar-refractivity contribution is 5.94. The van der Waals surface area contributed by atoms with Crippen LogP contribution in [0.3, 0.4) is 0 Å². The summed E-state index contributed by atoms with van der Waals surface area (Å²) in [5.41, 5.74) is 2.85. The van der Waals surface area contributed by atoms with Crippen LogP contribution in [0.25, 0.3) is 6.08 Å². The molecule has 0 aliphatic rings. The van der Waals surface area contributed by atoms with Crippen molar-refractivity contribution in [1.82, 2.24) is 4.90 Å². The van der Waals surface area contributed by atoms with Gasteiger partial charge in [0, 0.05) is 12.1 Å². The van der Waals surface area contributed by atoms with Gasteiger partial charge >= 0.3 is 0 Å². The summed E-state index contributed by atoms with van der Waals surface area (Å²) >= 11 is 0. The van der Waals surface area contributed by atoms with E-state index in [-0.39, 0.29) is 11.9 Å². The smallest absolute Gasteiger partial charge is 0.254 e. The van der Waals surface area contributed by atoms with Gasteiger partial charge in [-0.15, -0.1) is 6.58 Å². The predicted octanol–water partition coefficient (Wildman–Crippen LogP) is 5.60. The van der Waals surface area contributed by atoms with Gasteiger partial charge in [0.1, 0.15) is 0 Å². The van der Waals surface area contributed by atoms with Crippen molar-refractivity contribution in [2.24, 2.45) is 0 Å². The number of hydrogen-bond acceptors (Lipinski definition) is 1. The first kappa shape index (κ1) is 18.4. The highest BCUT2D eigenvalue weighted by Gasteiger charge is 2.21. The lowest BCUT2D eigenvalue weighted by molar-refractivity contribution is 0.0726. The molecule has 0 radical (unpaired) electrons. The van der Waals surface area contributed by atoms with Crippen LogP contribution in [0.4, 0.5) is 0 Å². The van der Waals surface area contributed by atoms with Gasteiger partial charge in [-0.25, -0.2) is 0 Å². The van der Waals surface area contributed by atoms with Crippen molar-refractivity contribution >= 4 is 12.0 Å². The quantitative estimate of drug-likeness (QED) is 0.507. The Morgan fingerprint density at radius 2 is 1.41 bits per heavy atom. The Balaban J connectivity index is 1.90. The molecule has 1 atom stereocenters. The fourth-order valence-corrected chi connectivity index (χ4v) is 2.92. The van der Waals surface area contributed by atoms with E-state index in [9.17, 15) is 4.79 Å². The maximum absolute atomic E-state index is 13.2. The fourth-order valence-electron chi connectivity index (χ4n) is 2.92. The number of benzene rings is 3. The summed E-state index contributed by atoms with van der Waals surface area (Å²) in [6.45, 7) is 4.48. The Labute approximate surface area is 161 Å². The zero-order valence-electron chi connectivity index (χ0n) is 15.2. The second-order valence-electron chi connectivity index (χ2n) is 6.28. The van der Waals surface area contributed by atoms with Crippen LogP contribution in [0.15, 0.2) is 110 Å². The van der Waals surface area contributed by atoms with Gasteiger partial charge in [0.05, 0.1) is 6.04 Å². The van der Waals surface area contributed by atoms with Gasteiger partial charge < -0.3 is 4.90 Å². The average molecular weight is 353 g/mol. The maximum Gasteiger partial charge on any atom is 0.254 e. The van der Waals surface area contributed by atoms with Crippen molar-refractivity contribution < 1.29 is 4.79 Å². The van der Waals surface area contributed by atoms with Gasteiger partial charge in [0.25, 0.3) is 5.91 Å². The number of amides is 1. The molecular weight excluding hydrogens is 330 g/mol. The van der Waals surface area contributed by atoms with Crippen molar-refractivity contribution in [2.45, 2.75) is 12.6 Å². The van der Waals surface area contributed by atoms with Gasteiger partial charge in [-0.2, -0.15) is 0 Å². The molecule has 0 aromatic heterocycles. The molecule has 3 aromatic carbocycles. The highest BCUT2D eigenvalue weighted by Crippen LogP contribution is 2.16. The lowest BCUT2D eigenvalue weighted by Gasteiger charge is -2.28. The Morgan fingerprint density at radius 3 is 2.00 bits per heavy atom. The molecule has 0 spiro atoms. The molecule has 1 amide bonds. The topological polar surface area (TPSA) is 20.3 Å². The monoisotopic (exact) mass is 353 g/mol. The van der Waals surface area contributed by atoms with E-state index in [1.807, 2.05) is 114 Å². The minimum atomic E-state index is -0.210. The normalized spacial score (nSPS) is 11.9. The molecular formula is C25H23NO. The molecule has 3 rings (SSSR count). The van der Waals surface area contributed by atoms with Crippen LogP contribution in [0.5, 0.6) is 0 Å². The average Bonchev–Trinajstić information content (AvgIpc) is 2.75. The third kappa shape index (κ3) is 5.05. The number of nitrogens with zero attached hydrogens (tertiary/aromatic N) is 1. The predicted molar refractivity (Wildman–Crippen MR) is 112 cm³/mol. The Kier molecular flexibility index (Phi) is 6.37. The summed E-state index contributed by atoms with van der Waals surface area (Å²) in [5.74, 6) is -0.0120. The van der Waals surface area contributed by atoms with Crippen LogP contribution in [-0.4, -0.2) is 16.8 Å². The van der Waals surface area contributed by atoms with Crippen LogP contribution in [-0.2, 0) is 6.54 Å². The second-order valence-corrected chi connectivity index (χ2v) is 6.28. The van der Waals surface area contributed by atoms with E-state index in [1.54, 1.807) is 0 Å². The maximum atomic E-state index is 13.2. The summed E-state index contributed by atoms with van der Waals surface area (Å²) in [6.07, 6.45) is 5.86. The fraction of sp³-hybridized carbons (Fsp3) is 0.0800. The Morgan fingerprint density at radius 1 is 0.852 bits per heavy atom. The van der Waals surface area contributed by atoms with Crippen molar-refractivity contribution in [3.05, 3.63) is 126 Å². The molecule has 0 bridgehead atoms. The summed E-state index contributed by atoms with van der Waals surface area (Å²) in [7, 11) is 0. The summed E-state index contributed by atoms with van der Waals surface area (Å²) in [4.78, 5) is 15.0. The number of carbonyl (C=O) groups excluding carboxylic acids is 1. The zero-order valence-corrected chi connectivity index (χ0v) is 15.2. The van der Waals surface area contributed by atoms with E-state index in [4.69, 9.17) is 0 Å². The third-order valence-electron chi connectivity index (χ3n) is 4.36. The first-order valence-electron chi connectivity index (χ1n) is 9.03. The van der Waals surface area contributed by atoms with Crippen LogP contribution in [0.1, 0.15) is 21.5 Å². The lowest BCUT2D eigenvalue weighted by Crippen LogP contribution is -2.37. The van der Waals surface area contributed by atoms with Crippen molar-refractivity contribution in [3.8, 4) is 0 Å². The Bertz CT molecular complexity index is 885. The van der Waals surface area contributed by atoms with Gasteiger partial charge in [-0.3, -0.25) is 4.79 Å². The summed E-state index contributed by atoms with van der Waals surface area (Å²) < 4.78 is 0. The molecule has 0 aliphatic heterocycles. The van der Waals surface area contributed by atoms with Gasteiger partial charge in [-0.1, -0.05) is 97.1 Å². The third-order valence-corrected chi connectivity index (χ3v) is 4.36. The highest BCUT2D eigenvalue weighted by atomic mass is 16.2. The van der Waals surface area contributed by atoms with Crippen LogP contribution >= 0.6 is 0 Å². The first-order chi connectivity index (χ1) is 13.3. The largest absolute Gasteiger partial charge is 0.324 e. The number of rotatable bonds is 7. The van der Waals surface area contributed by atoms with Gasteiger partial charge in [0.2, 0.25) is 0 Å². The molecule has 2 heteroatoms. The molecule has 0 fully saturated rings. The first-order valence-corrected chi connectivity index (χ1v) is 9.03. The second kappa shape index (κ2) is 9.35. The summed E-state index contributed by atoms with van der Waals surface area (Å²) in [6, 6.07) is 29.3. The minimum absolute atomic E-state index is 0.0120. The van der Waals surface area contributed by atoms with Crippen LogP contribution in [0, 0.1) is 0 Å². The molecule has 0 aliphatic carbocycles. The Hall–Kier alpha value is -3.39. The number of hydrogen-bond donors (Lipinski definition) is 0. The van der Waals surface area contributed by atoms with E-state index in [1.165, 1.54) is 0 Å². The van der Waals surface area contributed by atoms with Crippen LogP contribution in [0.2, 0.25) is 0 Å². The van der Waals surface area contributed by atoms with E-state index in [2.05, 4.69) is 6.58 Å². The standard InChI is InChI=1S/C25H23NO/c1-2-24(19-18-21-12-6-3-7-13-21)26(20-22-14-8-4-9-15-22)25(27)23-16-10-5-11-17-23/h2-19,24H,1,20H2/b19-18+. The molecule has 2 nitrogen and oxygen atoms in total. The van der Waals surface area contributed by atoms with E-state index >= 15 is 0 Å². The molecule has 27 heavy (non-hydrogen) atoms. The number of carbonyl (C=O) groups is 1. The lowest BCUT2D eigenvalue weighted by atomic mass is 10.1. The van der Waals surface area contributed by atoms with Crippen molar-refractivity contribution in [3.63, 3.8) is 0 Å². The van der Waals surface area contributed by atoms with Gasteiger partial charge in [-0.05, 0) is 23.3 Å². The molecule has 0 N–H and O–H groups in total. The van der Waals surface area contributed by atoms with Gasteiger partial charge in [0.15, 0.2) is 0 Å². The molecule has 134 valence electrons. The molecule has 3 aromatic rings. The van der Waals surface area contributed by atoms with E-state index in [0.29, 0.717) is 12.1 Å². The zero-order chi connectivity index (χ0) is 18.9. The molecule has 1 unspecified atom stereocenters. The summed E-state index contributed by atoms with van der Waals surface area (Å²) in [5, 5.41) is 0. The molecule has 0 heterocycles.